The minimum atomic E-state index is -0.0244. The van der Waals surface area contributed by atoms with Crippen molar-refractivity contribution in [2.75, 3.05) is 0 Å². The van der Waals surface area contributed by atoms with Crippen molar-refractivity contribution < 1.29 is 0 Å². The molecule has 2 N–H and O–H groups in total. The Hall–Kier alpha value is -0.310. The molecule has 1 aromatic rings. The summed E-state index contributed by atoms with van der Waals surface area (Å²) < 4.78 is 0. The molecule has 1 atom stereocenters. The Morgan fingerprint density at radius 1 is 1.46 bits per heavy atom. The van der Waals surface area contributed by atoms with Gasteiger partial charge in [-0.1, -0.05) is 25.4 Å². The van der Waals surface area contributed by atoms with Crippen LogP contribution in [0.3, 0.4) is 0 Å². The van der Waals surface area contributed by atoms with Crippen molar-refractivity contribution in [2.24, 2.45) is 11.7 Å². The van der Waals surface area contributed by atoms with Crippen LogP contribution in [-0.2, 0) is 0 Å². The first-order valence-corrected chi connectivity index (χ1v) is 4.36. The van der Waals surface area contributed by atoms with E-state index in [-0.39, 0.29) is 18.4 Å². The first-order valence-electron chi connectivity index (χ1n) is 3.98. The SMILES string of the molecule is CC(C)[C@@H](N)c1cc(Cl)ccn1.Cl. The van der Waals surface area contributed by atoms with Gasteiger partial charge in [0.15, 0.2) is 0 Å². The average molecular weight is 221 g/mol. The van der Waals surface area contributed by atoms with Crippen molar-refractivity contribution >= 4 is 24.0 Å². The summed E-state index contributed by atoms with van der Waals surface area (Å²) in [5.41, 5.74) is 6.74. The van der Waals surface area contributed by atoms with Gasteiger partial charge in [0, 0.05) is 17.3 Å². The minimum Gasteiger partial charge on any atom is -0.322 e. The van der Waals surface area contributed by atoms with Crippen LogP contribution in [0.5, 0.6) is 0 Å². The number of nitrogens with two attached hydrogens (primary N) is 1. The summed E-state index contributed by atoms with van der Waals surface area (Å²) in [5, 5.41) is 0.691. The molecule has 0 aliphatic heterocycles. The third-order valence-corrected chi connectivity index (χ3v) is 2.04. The van der Waals surface area contributed by atoms with E-state index in [1.165, 1.54) is 0 Å². The number of hydrogen-bond donors (Lipinski definition) is 1. The van der Waals surface area contributed by atoms with Crippen molar-refractivity contribution in [1.82, 2.24) is 4.98 Å². The van der Waals surface area contributed by atoms with Gasteiger partial charge in [0.05, 0.1) is 5.69 Å². The van der Waals surface area contributed by atoms with Crippen LogP contribution in [0.1, 0.15) is 25.6 Å². The second-order valence-electron chi connectivity index (χ2n) is 3.17. The number of pyridine rings is 1. The van der Waals surface area contributed by atoms with Gasteiger partial charge in [-0.3, -0.25) is 4.98 Å². The third kappa shape index (κ3) is 3.51. The first kappa shape index (κ1) is 12.7. The number of nitrogens with zero attached hydrogens (tertiary/aromatic N) is 1. The van der Waals surface area contributed by atoms with Crippen LogP contribution in [-0.4, -0.2) is 4.98 Å². The summed E-state index contributed by atoms with van der Waals surface area (Å²) in [6.07, 6.45) is 1.68. The Morgan fingerprint density at radius 2 is 2.08 bits per heavy atom. The van der Waals surface area contributed by atoms with Crippen LogP contribution in [0.15, 0.2) is 18.3 Å². The highest BCUT2D eigenvalue weighted by atomic mass is 35.5. The van der Waals surface area contributed by atoms with E-state index in [0.29, 0.717) is 10.9 Å². The van der Waals surface area contributed by atoms with Crippen LogP contribution in [0.2, 0.25) is 5.02 Å². The van der Waals surface area contributed by atoms with Crippen LogP contribution in [0, 0.1) is 5.92 Å². The molecule has 0 aliphatic carbocycles. The van der Waals surface area contributed by atoms with Gasteiger partial charge >= 0.3 is 0 Å². The van der Waals surface area contributed by atoms with Gasteiger partial charge in [0.25, 0.3) is 0 Å². The molecule has 1 heterocycles. The highest BCUT2D eigenvalue weighted by Crippen LogP contribution is 2.18. The zero-order valence-electron chi connectivity index (χ0n) is 7.70. The van der Waals surface area contributed by atoms with Gasteiger partial charge in [-0.15, -0.1) is 12.4 Å². The van der Waals surface area contributed by atoms with Crippen LogP contribution < -0.4 is 5.73 Å². The molecule has 74 valence electrons. The zero-order chi connectivity index (χ0) is 9.14. The Labute approximate surface area is 89.9 Å². The Balaban J connectivity index is 0.00000144. The molecule has 0 aliphatic rings. The average Bonchev–Trinajstić information content (AvgIpc) is 2.03. The van der Waals surface area contributed by atoms with Crippen molar-refractivity contribution in [3.63, 3.8) is 0 Å². The molecule has 0 aromatic carbocycles. The van der Waals surface area contributed by atoms with Crippen LogP contribution in [0.4, 0.5) is 0 Å². The zero-order valence-corrected chi connectivity index (χ0v) is 9.27. The fraction of sp³-hybridized carbons (Fsp3) is 0.444. The molecule has 13 heavy (non-hydrogen) atoms. The molecular weight excluding hydrogens is 207 g/mol. The van der Waals surface area contributed by atoms with Crippen molar-refractivity contribution in [2.45, 2.75) is 19.9 Å². The highest BCUT2D eigenvalue weighted by Gasteiger charge is 2.11. The van der Waals surface area contributed by atoms with Gasteiger partial charge in [-0.2, -0.15) is 0 Å². The molecule has 4 heteroatoms. The highest BCUT2D eigenvalue weighted by molar-refractivity contribution is 6.30. The molecule has 0 saturated carbocycles. The number of rotatable bonds is 2. The molecule has 0 fully saturated rings. The topological polar surface area (TPSA) is 38.9 Å². The van der Waals surface area contributed by atoms with Gasteiger partial charge in [-0.05, 0) is 18.1 Å². The molecule has 1 rings (SSSR count). The van der Waals surface area contributed by atoms with Gasteiger partial charge in [0.2, 0.25) is 0 Å². The summed E-state index contributed by atoms with van der Waals surface area (Å²) in [4.78, 5) is 4.15. The van der Waals surface area contributed by atoms with Crippen molar-refractivity contribution in [3.8, 4) is 0 Å². The Kier molecular flexibility index (Phi) is 5.30. The van der Waals surface area contributed by atoms with E-state index < -0.39 is 0 Å². The molecule has 0 radical (unpaired) electrons. The normalized spacial score (nSPS) is 12.4. The molecule has 1 aromatic heterocycles. The maximum Gasteiger partial charge on any atom is 0.0588 e. The molecule has 2 nitrogen and oxygen atoms in total. The summed E-state index contributed by atoms with van der Waals surface area (Å²) in [6, 6.07) is 3.54. The van der Waals surface area contributed by atoms with Crippen molar-refractivity contribution in [3.05, 3.63) is 29.0 Å². The largest absolute Gasteiger partial charge is 0.322 e. The molecule has 0 unspecified atom stereocenters. The maximum atomic E-state index is 5.89. The van der Waals surface area contributed by atoms with E-state index in [1.807, 2.05) is 6.07 Å². The van der Waals surface area contributed by atoms with E-state index in [0.717, 1.165) is 5.69 Å². The maximum absolute atomic E-state index is 5.89. The minimum absolute atomic E-state index is 0. The van der Waals surface area contributed by atoms with Gasteiger partial charge in [-0.25, -0.2) is 0 Å². The summed E-state index contributed by atoms with van der Waals surface area (Å²) in [7, 11) is 0. The lowest BCUT2D eigenvalue weighted by Crippen LogP contribution is -2.17. The van der Waals surface area contributed by atoms with Crippen molar-refractivity contribution in [1.29, 1.82) is 0 Å². The lowest BCUT2D eigenvalue weighted by Gasteiger charge is -2.14. The lowest BCUT2D eigenvalue weighted by molar-refractivity contribution is 0.503. The predicted octanol–water partition coefficient (Wildman–Crippen LogP) is 2.81. The summed E-state index contributed by atoms with van der Waals surface area (Å²) >= 11 is 5.80. The van der Waals surface area contributed by atoms with E-state index in [4.69, 9.17) is 17.3 Å². The second kappa shape index (κ2) is 5.43. The smallest absolute Gasteiger partial charge is 0.0588 e. The molecule has 0 spiro atoms. The Morgan fingerprint density at radius 3 is 2.54 bits per heavy atom. The second-order valence-corrected chi connectivity index (χ2v) is 3.61. The standard InChI is InChI=1S/C9H13ClN2.ClH/c1-6(2)9(11)8-5-7(10)3-4-12-8;/h3-6,9H,11H2,1-2H3;1H/t9-;/m1./s1. The first-order chi connectivity index (χ1) is 5.61. The fourth-order valence-electron chi connectivity index (χ4n) is 0.945. The predicted molar refractivity (Wildman–Crippen MR) is 58.3 cm³/mol. The third-order valence-electron chi connectivity index (χ3n) is 1.80. The van der Waals surface area contributed by atoms with Crippen LogP contribution >= 0.6 is 24.0 Å². The van der Waals surface area contributed by atoms with E-state index >= 15 is 0 Å². The van der Waals surface area contributed by atoms with Crippen LogP contribution in [0.25, 0.3) is 0 Å². The lowest BCUT2D eigenvalue weighted by atomic mass is 10.0. The van der Waals surface area contributed by atoms with Gasteiger partial charge < -0.3 is 5.73 Å². The monoisotopic (exact) mass is 220 g/mol. The molecule has 0 bridgehead atoms. The molecule has 0 saturated heterocycles. The van der Waals surface area contributed by atoms with E-state index in [2.05, 4.69) is 18.8 Å². The summed E-state index contributed by atoms with van der Waals surface area (Å²) in [6.45, 7) is 4.13. The molecule has 0 amide bonds. The number of aromatic nitrogens is 1. The van der Waals surface area contributed by atoms with E-state index in [1.54, 1.807) is 12.3 Å². The Bertz CT molecular complexity index is 264. The van der Waals surface area contributed by atoms with Gasteiger partial charge in [0.1, 0.15) is 0 Å². The fourth-order valence-corrected chi connectivity index (χ4v) is 1.11. The number of halogens is 2. The quantitative estimate of drug-likeness (QED) is 0.833. The van der Waals surface area contributed by atoms with E-state index in [9.17, 15) is 0 Å². The summed E-state index contributed by atoms with van der Waals surface area (Å²) in [5.74, 6) is 0.385. The molecular formula is C9H14Cl2N2. The number of hydrogen-bond acceptors (Lipinski definition) is 2.